The van der Waals surface area contributed by atoms with Crippen molar-refractivity contribution in [1.29, 1.82) is 0 Å². The molecule has 0 atom stereocenters. The molecule has 0 radical (unpaired) electrons. The van der Waals surface area contributed by atoms with Gasteiger partial charge in [0.05, 0.1) is 0 Å². The molecule has 2 aliphatic rings. The van der Waals surface area contributed by atoms with E-state index in [1.54, 1.807) is 0 Å². The van der Waals surface area contributed by atoms with Crippen LogP contribution in [-0.2, 0) is 4.79 Å². The second-order valence-electron chi connectivity index (χ2n) is 6.71. The van der Waals surface area contributed by atoms with Crippen LogP contribution in [0.15, 0.2) is 24.4 Å². The molecule has 6 heteroatoms. The summed E-state index contributed by atoms with van der Waals surface area (Å²) < 4.78 is 0. The van der Waals surface area contributed by atoms with E-state index in [1.165, 1.54) is 0 Å². The highest BCUT2D eigenvalue weighted by Crippen LogP contribution is 2.14. The smallest absolute Gasteiger partial charge is 0.223 e. The first-order valence-electron chi connectivity index (χ1n) is 9.09. The maximum atomic E-state index is 12.4. The van der Waals surface area contributed by atoms with E-state index in [2.05, 4.69) is 26.2 Å². The lowest BCUT2D eigenvalue weighted by Crippen LogP contribution is -2.48. The Labute approximate surface area is 144 Å². The van der Waals surface area contributed by atoms with Gasteiger partial charge in [0.25, 0.3) is 0 Å². The van der Waals surface area contributed by atoms with Crippen LogP contribution in [-0.4, -0.2) is 79.6 Å². The maximum Gasteiger partial charge on any atom is 0.223 e. The van der Waals surface area contributed by atoms with Gasteiger partial charge in [0.2, 0.25) is 5.91 Å². The number of pyridine rings is 1. The van der Waals surface area contributed by atoms with Crippen LogP contribution < -0.4 is 10.2 Å². The van der Waals surface area contributed by atoms with Gasteiger partial charge in [-0.1, -0.05) is 6.07 Å². The highest BCUT2D eigenvalue weighted by molar-refractivity contribution is 5.76. The monoisotopic (exact) mass is 331 g/mol. The number of carbonyl (C=O) groups is 1. The predicted molar refractivity (Wildman–Crippen MR) is 96.2 cm³/mol. The van der Waals surface area contributed by atoms with Crippen molar-refractivity contribution in [2.75, 3.05) is 57.8 Å². The number of nitrogens with one attached hydrogen (secondary N) is 1. The molecule has 2 fully saturated rings. The number of aromatic nitrogens is 1. The standard InChI is InChI=1S/C18H29N5O/c1-19-16-5-10-23(11-6-16)18(24)7-9-21-12-14-22(15-13-21)17-4-2-3-8-20-17/h2-4,8,16,19H,5-7,9-15H2,1H3. The average Bonchev–Trinajstić information content (AvgIpc) is 2.67. The van der Waals surface area contributed by atoms with Gasteiger partial charge >= 0.3 is 0 Å². The van der Waals surface area contributed by atoms with Crippen LogP contribution in [0.5, 0.6) is 0 Å². The lowest BCUT2D eigenvalue weighted by Gasteiger charge is -2.36. The molecule has 0 bridgehead atoms. The fourth-order valence-corrected chi connectivity index (χ4v) is 3.57. The summed E-state index contributed by atoms with van der Waals surface area (Å²) in [5, 5.41) is 3.31. The normalized spacial score (nSPS) is 20.4. The number of nitrogens with zero attached hydrogens (tertiary/aromatic N) is 4. The summed E-state index contributed by atoms with van der Waals surface area (Å²) in [6, 6.07) is 6.62. The van der Waals surface area contributed by atoms with Crippen molar-refractivity contribution in [3.05, 3.63) is 24.4 Å². The minimum atomic E-state index is 0.316. The molecule has 0 aliphatic carbocycles. The highest BCUT2D eigenvalue weighted by Gasteiger charge is 2.23. The summed E-state index contributed by atoms with van der Waals surface area (Å²) in [5.41, 5.74) is 0. The second kappa shape index (κ2) is 8.44. The molecular formula is C18H29N5O. The number of rotatable bonds is 5. The summed E-state index contributed by atoms with van der Waals surface area (Å²) >= 11 is 0. The van der Waals surface area contributed by atoms with Crippen molar-refractivity contribution in [2.24, 2.45) is 0 Å². The predicted octanol–water partition coefficient (Wildman–Crippen LogP) is 0.804. The van der Waals surface area contributed by atoms with Crippen LogP contribution in [0.25, 0.3) is 0 Å². The molecule has 24 heavy (non-hydrogen) atoms. The van der Waals surface area contributed by atoms with E-state index in [1.807, 2.05) is 30.3 Å². The number of hydrogen-bond donors (Lipinski definition) is 1. The second-order valence-corrected chi connectivity index (χ2v) is 6.71. The van der Waals surface area contributed by atoms with Gasteiger partial charge in [0.15, 0.2) is 0 Å². The van der Waals surface area contributed by atoms with Crippen LogP contribution in [0.4, 0.5) is 5.82 Å². The number of hydrogen-bond acceptors (Lipinski definition) is 5. The lowest BCUT2D eigenvalue weighted by molar-refractivity contribution is -0.132. The minimum absolute atomic E-state index is 0.316. The van der Waals surface area contributed by atoms with Gasteiger partial charge in [-0.25, -0.2) is 4.98 Å². The Hall–Kier alpha value is -1.66. The number of piperidine rings is 1. The number of anilines is 1. The Morgan fingerprint density at radius 1 is 1.17 bits per heavy atom. The summed E-state index contributed by atoms with van der Waals surface area (Å²) in [6.07, 6.45) is 4.64. The van der Waals surface area contributed by atoms with Crippen molar-refractivity contribution in [3.8, 4) is 0 Å². The molecule has 6 nitrogen and oxygen atoms in total. The van der Waals surface area contributed by atoms with Gasteiger partial charge in [-0.05, 0) is 32.0 Å². The first-order valence-corrected chi connectivity index (χ1v) is 9.09. The van der Waals surface area contributed by atoms with Crippen LogP contribution in [0.2, 0.25) is 0 Å². The zero-order valence-corrected chi connectivity index (χ0v) is 14.7. The average molecular weight is 331 g/mol. The largest absolute Gasteiger partial charge is 0.354 e. The molecule has 1 N–H and O–H groups in total. The number of piperazine rings is 1. The highest BCUT2D eigenvalue weighted by atomic mass is 16.2. The summed E-state index contributed by atoms with van der Waals surface area (Å²) in [4.78, 5) is 23.6. The van der Waals surface area contributed by atoms with E-state index < -0.39 is 0 Å². The SMILES string of the molecule is CNC1CCN(C(=O)CCN2CCN(c3ccccn3)CC2)CC1. The van der Waals surface area contributed by atoms with Gasteiger partial charge in [-0.15, -0.1) is 0 Å². The summed E-state index contributed by atoms with van der Waals surface area (Å²) in [6.45, 7) is 6.66. The van der Waals surface area contributed by atoms with Crippen LogP contribution >= 0.6 is 0 Å². The van der Waals surface area contributed by atoms with E-state index in [0.29, 0.717) is 18.4 Å². The first kappa shape index (κ1) is 17.2. The van der Waals surface area contributed by atoms with Gasteiger partial charge in [-0.3, -0.25) is 9.69 Å². The minimum Gasteiger partial charge on any atom is -0.354 e. The molecule has 0 unspecified atom stereocenters. The quantitative estimate of drug-likeness (QED) is 0.865. The van der Waals surface area contributed by atoms with E-state index in [0.717, 1.165) is 64.5 Å². The van der Waals surface area contributed by atoms with Gasteiger partial charge < -0.3 is 15.1 Å². The topological polar surface area (TPSA) is 51.7 Å². The zero-order valence-electron chi connectivity index (χ0n) is 14.7. The van der Waals surface area contributed by atoms with Crippen LogP contribution in [0, 0.1) is 0 Å². The van der Waals surface area contributed by atoms with Crippen molar-refractivity contribution in [3.63, 3.8) is 0 Å². The molecule has 0 saturated carbocycles. The van der Waals surface area contributed by atoms with Gasteiger partial charge in [0.1, 0.15) is 5.82 Å². The number of amides is 1. The lowest BCUT2D eigenvalue weighted by atomic mass is 10.1. The maximum absolute atomic E-state index is 12.4. The van der Waals surface area contributed by atoms with Gasteiger partial charge in [-0.2, -0.15) is 0 Å². The van der Waals surface area contributed by atoms with Crippen LogP contribution in [0.1, 0.15) is 19.3 Å². The summed E-state index contributed by atoms with van der Waals surface area (Å²) in [5.74, 6) is 1.37. The molecule has 132 valence electrons. The molecule has 1 aromatic heterocycles. The first-order chi connectivity index (χ1) is 11.8. The Morgan fingerprint density at radius 2 is 1.92 bits per heavy atom. The zero-order chi connectivity index (χ0) is 16.8. The molecule has 3 heterocycles. The van der Waals surface area contributed by atoms with Crippen molar-refractivity contribution >= 4 is 11.7 Å². The molecular weight excluding hydrogens is 302 g/mol. The van der Waals surface area contributed by atoms with Crippen LogP contribution in [0.3, 0.4) is 0 Å². The third kappa shape index (κ3) is 4.45. The molecule has 1 aromatic rings. The van der Waals surface area contributed by atoms with Crippen molar-refractivity contribution < 1.29 is 4.79 Å². The fourth-order valence-electron chi connectivity index (χ4n) is 3.57. The Kier molecular flexibility index (Phi) is 6.04. The number of likely N-dealkylation sites (tertiary alicyclic amines) is 1. The Bertz CT molecular complexity index is 507. The molecule has 0 aromatic carbocycles. The van der Waals surface area contributed by atoms with E-state index >= 15 is 0 Å². The van der Waals surface area contributed by atoms with Crippen molar-refractivity contribution in [2.45, 2.75) is 25.3 Å². The molecule has 1 amide bonds. The third-order valence-corrected chi connectivity index (χ3v) is 5.24. The van der Waals surface area contributed by atoms with E-state index in [4.69, 9.17) is 0 Å². The van der Waals surface area contributed by atoms with Crippen molar-refractivity contribution in [1.82, 2.24) is 20.1 Å². The third-order valence-electron chi connectivity index (χ3n) is 5.24. The Balaban J connectivity index is 1.37. The van der Waals surface area contributed by atoms with E-state index in [-0.39, 0.29) is 0 Å². The fraction of sp³-hybridized carbons (Fsp3) is 0.667. The molecule has 2 aliphatic heterocycles. The molecule has 2 saturated heterocycles. The molecule has 3 rings (SSSR count). The molecule has 0 spiro atoms. The number of carbonyl (C=O) groups excluding carboxylic acids is 1. The van der Waals surface area contributed by atoms with Gasteiger partial charge in [0, 0.05) is 64.5 Å². The summed E-state index contributed by atoms with van der Waals surface area (Å²) in [7, 11) is 2.01. The Morgan fingerprint density at radius 3 is 2.54 bits per heavy atom. The van der Waals surface area contributed by atoms with E-state index in [9.17, 15) is 4.79 Å².